The van der Waals surface area contributed by atoms with E-state index >= 15 is 0 Å². The topological polar surface area (TPSA) is 35.2 Å². The number of ether oxygens (including phenoxy) is 1. The third-order valence-electron chi connectivity index (χ3n) is 3.12. The maximum Gasteiger partial charge on any atom is 0.148 e. The molecule has 0 aliphatic carbocycles. The fraction of sp³-hybridized carbons (Fsp3) is 0.200. The summed E-state index contributed by atoms with van der Waals surface area (Å²) in [4.78, 5) is 0. The normalized spacial score (nSPS) is 12.3. The Morgan fingerprint density at radius 1 is 1.25 bits per heavy atom. The van der Waals surface area contributed by atoms with Crippen LogP contribution < -0.4 is 10.5 Å². The van der Waals surface area contributed by atoms with E-state index in [1.54, 1.807) is 19.2 Å². The smallest absolute Gasteiger partial charge is 0.148 e. The van der Waals surface area contributed by atoms with Crippen molar-refractivity contribution in [3.8, 4) is 5.75 Å². The second-order valence-electron chi connectivity index (χ2n) is 4.49. The van der Waals surface area contributed by atoms with Crippen molar-refractivity contribution in [1.29, 1.82) is 0 Å². The summed E-state index contributed by atoms with van der Waals surface area (Å²) in [6, 6.07) is 8.28. The monoisotopic (exact) mass is 357 g/mol. The fourth-order valence-corrected chi connectivity index (χ4v) is 2.50. The van der Waals surface area contributed by atoms with Gasteiger partial charge in [0.05, 0.1) is 18.2 Å². The van der Waals surface area contributed by atoms with Gasteiger partial charge >= 0.3 is 0 Å². The summed E-state index contributed by atoms with van der Waals surface area (Å²) in [6.45, 7) is 1.95. The third-order valence-corrected chi connectivity index (χ3v) is 4.38. The van der Waals surface area contributed by atoms with Crippen LogP contribution in [0.5, 0.6) is 5.75 Å². The Kier molecular flexibility index (Phi) is 4.68. The molecule has 0 aliphatic rings. The van der Waals surface area contributed by atoms with E-state index in [1.807, 2.05) is 25.1 Å². The Morgan fingerprint density at radius 2 is 1.90 bits per heavy atom. The van der Waals surface area contributed by atoms with Crippen molar-refractivity contribution in [1.82, 2.24) is 0 Å². The van der Waals surface area contributed by atoms with Crippen LogP contribution in [0.25, 0.3) is 0 Å². The van der Waals surface area contributed by atoms with Gasteiger partial charge in [-0.25, -0.2) is 4.39 Å². The van der Waals surface area contributed by atoms with Crippen LogP contribution in [-0.4, -0.2) is 7.11 Å². The standard InChI is InChI=1S/C15H14BrClFNO/c1-8-3-4-9(12(7-8)20-2)15(19)10-5-6-11(16)13(17)14(10)18/h3-7,15H,19H2,1-2H3. The van der Waals surface area contributed by atoms with E-state index in [-0.39, 0.29) is 5.02 Å². The van der Waals surface area contributed by atoms with E-state index < -0.39 is 11.9 Å². The molecule has 0 saturated carbocycles. The molecule has 5 heteroatoms. The van der Waals surface area contributed by atoms with Crippen LogP contribution >= 0.6 is 27.5 Å². The lowest BCUT2D eigenvalue weighted by atomic mass is 9.97. The van der Waals surface area contributed by atoms with Crippen molar-refractivity contribution >= 4 is 27.5 Å². The molecule has 2 aromatic rings. The van der Waals surface area contributed by atoms with Gasteiger partial charge in [-0.2, -0.15) is 0 Å². The number of methoxy groups -OCH3 is 1. The van der Waals surface area contributed by atoms with Gasteiger partial charge in [0.2, 0.25) is 0 Å². The van der Waals surface area contributed by atoms with Gasteiger partial charge in [0.15, 0.2) is 0 Å². The molecular formula is C15H14BrClFNO. The maximum atomic E-state index is 14.2. The molecule has 0 saturated heterocycles. The minimum absolute atomic E-state index is 0.0315. The lowest BCUT2D eigenvalue weighted by Crippen LogP contribution is -2.15. The molecule has 1 atom stereocenters. The van der Waals surface area contributed by atoms with Gasteiger partial charge in [-0.3, -0.25) is 0 Å². The number of hydrogen-bond acceptors (Lipinski definition) is 2. The Bertz CT molecular complexity index is 648. The Labute approximate surface area is 130 Å². The van der Waals surface area contributed by atoms with Gasteiger partial charge in [0.1, 0.15) is 11.6 Å². The number of benzene rings is 2. The minimum Gasteiger partial charge on any atom is -0.496 e. The average molecular weight is 359 g/mol. The maximum absolute atomic E-state index is 14.2. The third kappa shape index (κ3) is 2.82. The predicted octanol–water partition coefficient (Wildman–Crippen LogP) is 4.61. The zero-order chi connectivity index (χ0) is 14.9. The number of halogens is 3. The molecule has 2 aromatic carbocycles. The summed E-state index contributed by atoms with van der Waals surface area (Å²) >= 11 is 9.09. The molecule has 0 aromatic heterocycles. The SMILES string of the molecule is COc1cc(C)ccc1C(N)c1ccc(Br)c(Cl)c1F. The molecule has 2 nitrogen and oxygen atoms in total. The summed E-state index contributed by atoms with van der Waals surface area (Å²) in [5.74, 6) is 0.118. The van der Waals surface area contributed by atoms with Gasteiger partial charge in [0, 0.05) is 15.6 Å². The summed E-state index contributed by atoms with van der Waals surface area (Å²) in [7, 11) is 1.57. The van der Waals surface area contributed by atoms with E-state index in [0.717, 1.165) is 11.1 Å². The molecule has 0 bridgehead atoms. The van der Waals surface area contributed by atoms with Gasteiger partial charge in [0.25, 0.3) is 0 Å². The Morgan fingerprint density at radius 3 is 2.55 bits per heavy atom. The van der Waals surface area contributed by atoms with Crippen LogP contribution in [0.1, 0.15) is 22.7 Å². The highest BCUT2D eigenvalue weighted by Crippen LogP contribution is 2.34. The molecule has 106 valence electrons. The molecular weight excluding hydrogens is 345 g/mol. The minimum atomic E-state index is -0.642. The molecule has 0 heterocycles. The highest BCUT2D eigenvalue weighted by molar-refractivity contribution is 9.10. The first-order chi connectivity index (χ1) is 9.45. The first kappa shape index (κ1) is 15.3. The summed E-state index contributed by atoms with van der Waals surface area (Å²) in [6.07, 6.45) is 0. The van der Waals surface area contributed by atoms with Crippen LogP contribution in [0.2, 0.25) is 5.02 Å². The van der Waals surface area contributed by atoms with E-state index in [2.05, 4.69) is 15.9 Å². The van der Waals surface area contributed by atoms with Crippen LogP contribution in [0.4, 0.5) is 4.39 Å². The molecule has 1 unspecified atom stereocenters. The second kappa shape index (κ2) is 6.12. The molecule has 0 fully saturated rings. The van der Waals surface area contributed by atoms with Crippen molar-refractivity contribution in [2.45, 2.75) is 13.0 Å². The molecule has 20 heavy (non-hydrogen) atoms. The molecule has 2 rings (SSSR count). The lowest BCUT2D eigenvalue weighted by Gasteiger charge is -2.18. The van der Waals surface area contributed by atoms with Crippen LogP contribution in [0, 0.1) is 12.7 Å². The van der Waals surface area contributed by atoms with E-state index in [4.69, 9.17) is 22.1 Å². The highest BCUT2D eigenvalue weighted by Gasteiger charge is 2.20. The molecule has 0 aliphatic heterocycles. The molecule has 0 spiro atoms. The van der Waals surface area contributed by atoms with E-state index in [0.29, 0.717) is 15.8 Å². The lowest BCUT2D eigenvalue weighted by molar-refractivity contribution is 0.407. The van der Waals surface area contributed by atoms with Crippen molar-refractivity contribution < 1.29 is 9.13 Å². The average Bonchev–Trinajstić information content (AvgIpc) is 2.44. The zero-order valence-corrected chi connectivity index (χ0v) is 13.4. The Hall–Kier alpha value is -1.10. The van der Waals surface area contributed by atoms with Crippen molar-refractivity contribution in [2.75, 3.05) is 7.11 Å². The highest BCUT2D eigenvalue weighted by atomic mass is 79.9. The molecule has 0 radical (unpaired) electrons. The van der Waals surface area contributed by atoms with E-state index in [1.165, 1.54) is 0 Å². The molecule has 0 amide bonds. The van der Waals surface area contributed by atoms with Gasteiger partial charge < -0.3 is 10.5 Å². The van der Waals surface area contributed by atoms with Gasteiger partial charge in [-0.15, -0.1) is 0 Å². The largest absolute Gasteiger partial charge is 0.496 e. The zero-order valence-electron chi connectivity index (χ0n) is 11.1. The summed E-state index contributed by atoms with van der Waals surface area (Å²) in [5, 5.41) is 0.0315. The summed E-state index contributed by atoms with van der Waals surface area (Å²) in [5.41, 5.74) is 8.27. The van der Waals surface area contributed by atoms with Gasteiger partial charge in [-0.05, 0) is 40.5 Å². The number of hydrogen-bond donors (Lipinski definition) is 1. The Balaban J connectivity index is 2.52. The van der Waals surface area contributed by atoms with Crippen LogP contribution in [-0.2, 0) is 0 Å². The summed E-state index contributed by atoms with van der Waals surface area (Å²) < 4.78 is 20.1. The quantitative estimate of drug-likeness (QED) is 0.813. The first-order valence-electron chi connectivity index (χ1n) is 5.99. The van der Waals surface area contributed by atoms with E-state index in [9.17, 15) is 4.39 Å². The predicted molar refractivity (Wildman–Crippen MR) is 82.9 cm³/mol. The number of nitrogens with two attached hydrogens (primary N) is 1. The molecule has 2 N–H and O–H groups in total. The fourth-order valence-electron chi connectivity index (χ4n) is 2.02. The van der Waals surface area contributed by atoms with Gasteiger partial charge in [-0.1, -0.05) is 29.8 Å². The van der Waals surface area contributed by atoms with Crippen LogP contribution in [0.3, 0.4) is 0 Å². The second-order valence-corrected chi connectivity index (χ2v) is 5.72. The number of aryl methyl sites for hydroxylation is 1. The van der Waals surface area contributed by atoms with Crippen molar-refractivity contribution in [3.05, 3.63) is 62.3 Å². The number of rotatable bonds is 3. The van der Waals surface area contributed by atoms with Crippen molar-refractivity contribution in [2.24, 2.45) is 5.73 Å². The van der Waals surface area contributed by atoms with Crippen molar-refractivity contribution in [3.63, 3.8) is 0 Å². The van der Waals surface area contributed by atoms with Crippen LogP contribution in [0.15, 0.2) is 34.8 Å². The first-order valence-corrected chi connectivity index (χ1v) is 7.16.